The molecule has 25 heavy (non-hydrogen) atoms. The van der Waals surface area contributed by atoms with Crippen LogP contribution in [-0.2, 0) is 9.59 Å². The number of anilines is 1. The van der Waals surface area contributed by atoms with E-state index < -0.39 is 11.7 Å². The average Bonchev–Trinajstić information content (AvgIpc) is 3.00. The van der Waals surface area contributed by atoms with E-state index in [0.717, 1.165) is 4.88 Å². The highest BCUT2D eigenvalue weighted by molar-refractivity contribution is 9.10. The molecule has 1 amide bonds. The minimum atomic E-state index is -0.550. The lowest BCUT2D eigenvalue weighted by Crippen LogP contribution is -2.14. The zero-order valence-electron chi connectivity index (χ0n) is 13.6. The number of halogens is 2. The molecule has 0 spiro atoms. The molecule has 2 rings (SSSR count). The lowest BCUT2D eigenvalue weighted by atomic mass is 10.1. The van der Waals surface area contributed by atoms with Crippen LogP contribution in [0.25, 0.3) is 0 Å². The number of thiophene rings is 1. The van der Waals surface area contributed by atoms with Gasteiger partial charge in [0.2, 0.25) is 5.91 Å². The molecule has 7 heteroatoms. The molecule has 0 saturated carbocycles. The van der Waals surface area contributed by atoms with E-state index in [1.165, 1.54) is 23.5 Å². The number of carbonyl (C=O) groups excluding carboxylic acids is 3. The molecule has 0 radical (unpaired) electrons. The highest BCUT2D eigenvalue weighted by Crippen LogP contribution is 2.20. The number of nitrogens with one attached hydrogen (secondary N) is 1. The molecule has 1 aromatic heterocycles. The SMILES string of the molecule is Cc1ccc(C(=O)CCC(=O)CCC(=O)Nc2ccc(Br)cc2F)s1. The van der Waals surface area contributed by atoms with Gasteiger partial charge >= 0.3 is 0 Å². The first-order chi connectivity index (χ1) is 11.8. The number of rotatable bonds is 8. The Labute approximate surface area is 157 Å². The van der Waals surface area contributed by atoms with Crippen molar-refractivity contribution in [1.82, 2.24) is 0 Å². The Kier molecular flexibility index (Phi) is 7.01. The van der Waals surface area contributed by atoms with Gasteiger partial charge in [-0.25, -0.2) is 4.39 Å². The zero-order valence-corrected chi connectivity index (χ0v) is 16.0. The van der Waals surface area contributed by atoms with E-state index in [-0.39, 0.29) is 42.9 Å². The molecule has 2 aromatic rings. The van der Waals surface area contributed by atoms with Crippen molar-refractivity contribution >= 4 is 50.4 Å². The van der Waals surface area contributed by atoms with E-state index in [1.54, 1.807) is 12.1 Å². The summed E-state index contributed by atoms with van der Waals surface area (Å²) in [5, 5.41) is 2.43. The van der Waals surface area contributed by atoms with Crippen molar-refractivity contribution in [2.24, 2.45) is 0 Å². The molecule has 4 nitrogen and oxygen atoms in total. The second kappa shape index (κ2) is 9.01. The number of benzene rings is 1. The number of aryl methyl sites for hydroxylation is 1. The number of hydrogen-bond acceptors (Lipinski definition) is 4. The third kappa shape index (κ3) is 6.17. The fraction of sp³-hybridized carbons (Fsp3) is 0.278. The maximum atomic E-state index is 13.6. The lowest BCUT2D eigenvalue weighted by molar-refractivity contribution is -0.122. The number of Topliss-reactive ketones (excluding diaryl/α,β-unsaturated/α-hetero) is 2. The van der Waals surface area contributed by atoms with Crippen LogP contribution in [0.3, 0.4) is 0 Å². The minimum Gasteiger partial charge on any atom is -0.324 e. The van der Waals surface area contributed by atoms with Gasteiger partial charge in [-0.1, -0.05) is 15.9 Å². The average molecular weight is 426 g/mol. The van der Waals surface area contributed by atoms with Crippen molar-refractivity contribution in [2.75, 3.05) is 5.32 Å². The fourth-order valence-electron chi connectivity index (χ4n) is 2.14. The van der Waals surface area contributed by atoms with Gasteiger partial charge in [0, 0.05) is 35.0 Å². The third-order valence-electron chi connectivity index (χ3n) is 3.48. The maximum absolute atomic E-state index is 13.6. The van der Waals surface area contributed by atoms with Crippen molar-refractivity contribution in [3.05, 3.63) is 50.4 Å². The van der Waals surface area contributed by atoms with Gasteiger partial charge in [-0.05, 0) is 37.3 Å². The third-order valence-corrected chi connectivity index (χ3v) is 5.02. The van der Waals surface area contributed by atoms with Gasteiger partial charge < -0.3 is 5.32 Å². The smallest absolute Gasteiger partial charge is 0.224 e. The van der Waals surface area contributed by atoms with Crippen molar-refractivity contribution in [1.29, 1.82) is 0 Å². The highest BCUT2D eigenvalue weighted by Gasteiger charge is 2.13. The van der Waals surface area contributed by atoms with Crippen LogP contribution in [0.15, 0.2) is 34.8 Å². The molecular weight excluding hydrogens is 409 g/mol. The van der Waals surface area contributed by atoms with Gasteiger partial charge in [-0.3, -0.25) is 14.4 Å². The van der Waals surface area contributed by atoms with Crippen molar-refractivity contribution < 1.29 is 18.8 Å². The topological polar surface area (TPSA) is 63.2 Å². The maximum Gasteiger partial charge on any atom is 0.224 e. The van der Waals surface area contributed by atoms with Crippen molar-refractivity contribution in [3.8, 4) is 0 Å². The Morgan fingerprint density at radius 1 is 1.08 bits per heavy atom. The van der Waals surface area contributed by atoms with Crippen LogP contribution in [-0.4, -0.2) is 17.5 Å². The molecule has 0 fully saturated rings. The van der Waals surface area contributed by atoms with Gasteiger partial charge in [0.15, 0.2) is 5.78 Å². The zero-order chi connectivity index (χ0) is 18.4. The van der Waals surface area contributed by atoms with Gasteiger partial charge in [0.05, 0.1) is 10.6 Å². The molecule has 1 heterocycles. The number of ketones is 2. The number of carbonyl (C=O) groups is 3. The van der Waals surface area contributed by atoms with E-state index >= 15 is 0 Å². The first-order valence-corrected chi connectivity index (χ1v) is 9.32. The van der Waals surface area contributed by atoms with Gasteiger partial charge in [0.25, 0.3) is 0 Å². The first kappa shape index (κ1) is 19.5. The molecule has 0 atom stereocenters. The summed E-state index contributed by atoms with van der Waals surface area (Å²) >= 11 is 4.54. The van der Waals surface area contributed by atoms with Crippen LogP contribution in [0.5, 0.6) is 0 Å². The van der Waals surface area contributed by atoms with Crippen LogP contribution in [0.1, 0.15) is 40.2 Å². The number of hydrogen-bond donors (Lipinski definition) is 1. The molecular formula is C18H17BrFNO3S. The number of amides is 1. The van der Waals surface area contributed by atoms with Gasteiger partial charge in [0.1, 0.15) is 11.6 Å². The van der Waals surface area contributed by atoms with Crippen LogP contribution >= 0.6 is 27.3 Å². The molecule has 0 aliphatic heterocycles. The summed E-state index contributed by atoms with van der Waals surface area (Å²) in [4.78, 5) is 37.3. The normalized spacial score (nSPS) is 10.5. The van der Waals surface area contributed by atoms with E-state index in [4.69, 9.17) is 0 Å². The van der Waals surface area contributed by atoms with E-state index in [0.29, 0.717) is 9.35 Å². The van der Waals surface area contributed by atoms with Gasteiger partial charge in [-0.15, -0.1) is 11.3 Å². The molecule has 0 unspecified atom stereocenters. The molecule has 0 aliphatic rings. The second-order valence-electron chi connectivity index (χ2n) is 5.54. The van der Waals surface area contributed by atoms with Gasteiger partial charge in [-0.2, -0.15) is 0 Å². The monoisotopic (exact) mass is 425 g/mol. The summed E-state index contributed by atoms with van der Waals surface area (Å²) in [6, 6.07) is 7.93. The Morgan fingerprint density at radius 2 is 1.80 bits per heavy atom. The predicted molar refractivity (Wildman–Crippen MR) is 99.6 cm³/mol. The second-order valence-corrected chi connectivity index (χ2v) is 7.75. The molecule has 0 aliphatic carbocycles. The Morgan fingerprint density at radius 3 is 2.44 bits per heavy atom. The summed E-state index contributed by atoms with van der Waals surface area (Å²) in [7, 11) is 0. The molecule has 132 valence electrons. The summed E-state index contributed by atoms with van der Waals surface area (Å²) in [5.41, 5.74) is 0.0730. The quantitative estimate of drug-likeness (QED) is 0.611. The standard InChI is InChI=1S/C18H17BrFNO3S/c1-11-2-8-17(25-11)16(23)7-4-13(22)5-9-18(24)21-15-6-3-12(19)10-14(15)20/h2-3,6,8,10H,4-5,7,9H2,1H3,(H,21,24). The van der Waals surface area contributed by atoms with Crippen LogP contribution in [0, 0.1) is 12.7 Å². The first-order valence-electron chi connectivity index (χ1n) is 7.71. The lowest BCUT2D eigenvalue weighted by Gasteiger charge is -2.06. The summed E-state index contributed by atoms with van der Waals surface area (Å²) < 4.78 is 14.2. The van der Waals surface area contributed by atoms with E-state index in [9.17, 15) is 18.8 Å². The van der Waals surface area contributed by atoms with E-state index in [2.05, 4.69) is 21.2 Å². The van der Waals surface area contributed by atoms with E-state index in [1.807, 2.05) is 13.0 Å². The summed E-state index contributed by atoms with van der Waals surface area (Å²) in [6.07, 6.45) is 0.235. The van der Waals surface area contributed by atoms with Crippen molar-refractivity contribution in [2.45, 2.75) is 32.6 Å². The highest BCUT2D eigenvalue weighted by atomic mass is 79.9. The van der Waals surface area contributed by atoms with Crippen LogP contribution in [0.4, 0.5) is 10.1 Å². The molecule has 0 saturated heterocycles. The minimum absolute atomic E-state index is 0.0285. The Hall–Kier alpha value is -1.86. The largest absolute Gasteiger partial charge is 0.324 e. The Bertz CT molecular complexity index is 803. The fourth-order valence-corrected chi connectivity index (χ4v) is 3.31. The van der Waals surface area contributed by atoms with Crippen molar-refractivity contribution in [3.63, 3.8) is 0 Å². The molecule has 0 bridgehead atoms. The van der Waals surface area contributed by atoms with Crippen LogP contribution in [0.2, 0.25) is 0 Å². The predicted octanol–water partition coefficient (Wildman–Crippen LogP) is 4.91. The Balaban J connectivity index is 1.74. The summed E-state index contributed by atoms with van der Waals surface area (Å²) in [5.74, 6) is -1.21. The molecule has 1 N–H and O–H groups in total. The van der Waals surface area contributed by atoms with Crippen LogP contribution < -0.4 is 5.32 Å². The summed E-state index contributed by atoms with van der Waals surface area (Å²) in [6.45, 7) is 1.92. The molecule has 1 aromatic carbocycles.